The standard InChI is InChI=1S/C14H15BrN2O2S/c1-10-9-17(6-7-20(10,18)19)14-5-2-11-8-12(15)3-4-13(11)16-14/h2-5,8,10H,6-7,9H2,1H3. The van der Waals surface area contributed by atoms with Crippen molar-refractivity contribution in [2.75, 3.05) is 23.7 Å². The minimum absolute atomic E-state index is 0.203. The second kappa shape index (κ2) is 5.00. The highest BCUT2D eigenvalue weighted by atomic mass is 79.9. The summed E-state index contributed by atoms with van der Waals surface area (Å²) in [6, 6.07) is 9.93. The van der Waals surface area contributed by atoms with E-state index >= 15 is 0 Å². The van der Waals surface area contributed by atoms with Crippen molar-refractivity contribution < 1.29 is 8.42 Å². The molecule has 1 saturated heterocycles. The van der Waals surface area contributed by atoms with E-state index < -0.39 is 9.84 Å². The number of hydrogen-bond acceptors (Lipinski definition) is 4. The molecule has 1 fully saturated rings. The van der Waals surface area contributed by atoms with E-state index in [1.807, 2.05) is 35.2 Å². The Morgan fingerprint density at radius 2 is 2.10 bits per heavy atom. The maximum Gasteiger partial charge on any atom is 0.156 e. The van der Waals surface area contributed by atoms with Crippen molar-refractivity contribution in [3.05, 3.63) is 34.8 Å². The lowest BCUT2D eigenvalue weighted by atomic mass is 10.2. The van der Waals surface area contributed by atoms with E-state index in [1.54, 1.807) is 6.92 Å². The number of sulfone groups is 1. The van der Waals surface area contributed by atoms with Gasteiger partial charge in [0.15, 0.2) is 9.84 Å². The van der Waals surface area contributed by atoms with Gasteiger partial charge in [0.05, 0.1) is 16.5 Å². The molecule has 0 bridgehead atoms. The summed E-state index contributed by atoms with van der Waals surface area (Å²) in [6.07, 6.45) is 0. The van der Waals surface area contributed by atoms with Crippen LogP contribution in [-0.2, 0) is 9.84 Å². The average Bonchev–Trinajstić information content (AvgIpc) is 2.41. The van der Waals surface area contributed by atoms with Crippen molar-refractivity contribution in [1.82, 2.24) is 4.98 Å². The third kappa shape index (κ3) is 2.54. The van der Waals surface area contributed by atoms with Crippen LogP contribution in [0.5, 0.6) is 0 Å². The first kappa shape index (κ1) is 13.8. The van der Waals surface area contributed by atoms with Gasteiger partial charge in [0.2, 0.25) is 0 Å². The fraction of sp³-hybridized carbons (Fsp3) is 0.357. The topological polar surface area (TPSA) is 50.3 Å². The van der Waals surface area contributed by atoms with Gasteiger partial charge in [-0.3, -0.25) is 0 Å². The second-order valence-corrected chi connectivity index (χ2v) is 8.58. The summed E-state index contributed by atoms with van der Waals surface area (Å²) < 4.78 is 24.5. The van der Waals surface area contributed by atoms with Crippen molar-refractivity contribution >= 4 is 42.5 Å². The summed E-state index contributed by atoms with van der Waals surface area (Å²) in [4.78, 5) is 6.68. The zero-order valence-corrected chi connectivity index (χ0v) is 13.5. The van der Waals surface area contributed by atoms with Gasteiger partial charge in [0, 0.05) is 22.9 Å². The smallest absolute Gasteiger partial charge is 0.156 e. The van der Waals surface area contributed by atoms with Crippen LogP contribution in [0.15, 0.2) is 34.8 Å². The maximum atomic E-state index is 11.8. The van der Waals surface area contributed by atoms with E-state index in [-0.39, 0.29) is 11.0 Å². The lowest BCUT2D eigenvalue weighted by Crippen LogP contribution is -2.45. The summed E-state index contributed by atoms with van der Waals surface area (Å²) in [7, 11) is -2.93. The third-order valence-corrected chi connectivity index (χ3v) is 6.32. The van der Waals surface area contributed by atoms with Gasteiger partial charge in [0.1, 0.15) is 5.82 Å². The molecule has 0 N–H and O–H groups in total. The Bertz CT molecular complexity index is 761. The van der Waals surface area contributed by atoms with Gasteiger partial charge in [-0.2, -0.15) is 0 Å². The van der Waals surface area contributed by atoms with Crippen molar-refractivity contribution in [2.45, 2.75) is 12.2 Å². The molecule has 0 amide bonds. The molecule has 0 spiro atoms. The molecule has 2 heterocycles. The molecule has 6 heteroatoms. The Labute approximate surface area is 126 Å². The summed E-state index contributed by atoms with van der Waals surface area (Å²) in [5.74, 6) is 1.05. The molecule has 0 radical (unpaired) electrons. The molecule has 20 heavy (non-hydrogen) atoms. The lowest BCUT2D eigenvalue weighted by molar-refractivity contribution is 0.568. The van der Waals surface area contributed by atoms with Crippen LogP contribution in [0.4, 0.5) is 5.82 Å². The number of benzene rings is 1. The van der Waals surface area contributed by atoms with Gasteiger partial charge in [-0.05, 0) is 37.3 Å². The number of halogens is 1. The van der Waals surface area contributed by atoms with Crippen LogP contribution >= 0.6 is 15.9 Å². The Morgan fingerprint density at radius 1 is 1.30 bits per heavy atom. The van der Waals surface area contributed by atoms with Crippen molar-refractivity contribution in [3.8, 4) is 0 Å². The quantitative estimate of drug-likeness (QED) is 0.789. The summed E-state index contributed by atoms with van der Waals surface area (Å²) in [6.45, 7) is 2.79. The molecule has 0 aliphatic carbocycles. The zero-order valence-electron chi connectivity index (χ0n) is 11.1. The molecule has 1 aliphatic rings. The highest BCUT2D eigenvalue weighted by molar-refractivity contribution is 9.10. The minimum atomic E-state index is -2.93. The molecular weight excluding hydrogens is 340 g/mol. The molecule has 4 nitrogen and oxygen atoms in total. The summed E-state index contributed by atoms with van der Waals surface area (Å²) in [5, 5.41) is 0.736. The molecule has 1 aromatic carbocycles. The first-order valence-electron chi connectivity index (χ1n) is 6.48. The monoisotopic (exact) mass is 354 g/mol. The third-order valence-electron chi connectivity index (χ3n) is 3.70. The predicted molar refractivity (Wildman–Crippen MR) is 84.9 cm³/mol. The normalized spacial score (nSPS) is 22.1. The van der Waals surface area contributed by atoms with Crippen LogP contribution in [0.25, 0.3) is 10.9 Å². The lowest BCUT2D eigenvalue weighted by Gasteiger charge is -2.31. The minimum Gasteiger partial charge on any atom is -0.354 e. The maximum absolute atomic E-state index is 11.8. The Balaban J connectivity index is 1.93. The second-order valence-electron chi connectivity index (χ2n) is 5.13. The van der Waals surface area contributed by atoms with Crippen LogP contribution in [-0.4, -0.2) is 37.5 Å². The molecular formula is C14H15BrN2O2S. The van der Waals surface area contributed by atoms with Crippen molar-refractivity contribution in [1.29, 1.82) is 0 Å². The Morgan fingerprint density at radius 3 is 2.85 bits per heavy atom. The van der Waals surface area contributed by atoms with Crippen molar-refractivity contribution in [3.63, 3.8) is 0 Å². The van der Waals surface area contributed by atoms with Crippen molar-refractivity contribution in [2.24, 2.45) is 0 Å². The van der Waals surface area contributed by atoms with Crippen LogP contribution in [0.3, 0.4) is 0 Å². The van der Waals surface area contributed by atoms with Crippen LogP contribution < -0.4 is 4.90 Å². The fourth-order valence-corrected chi connectivity index (χ4v) is 4.09. The Kier molecular flexibility index (Phi) is 3.46. The molecule has 1 unspecified atom stereocenters. The zero-order chi connectivity index (χ0) is 14.3. The molecule has 1 aliphatic heterocycles. The fourth-order valence-electron chi connectivity index (χ4n) is 2.42. The number of aromatic nitrogens is 1. The molecule has 2 aromatic rings. The van der Waals surface area contributed by atoms with E-state index in [2.05, 4.69) is 20.9 Å². The van der Waals surface area contributed by atoms with Gasteiger partial charge >= 0.3 is 0 Å². The highest BCUT2D eigenvalue weighted by Crippen LogP contribution is 2.24. The average molecular weight is 355 g/mol. The highest BCUT2D eigenvalue weighted by Gasteiger charge is 2.29. The summed E-state index contributed by atoms with van der Waals surface area (Å²) in [5.41, 5.74) is 0.923. The first-order valence-corrected chi connectivity index (χ1v) is 8.99. The van der Waals surface area contributed by atoms with Gasteiger partial charge in [-0.1, -0.05) is 15.9 Å². The van der Waals surface area contributed by atoms with Gasteiger partial charge < -0.3 is 4.90 Å². The van der Waals surface area contributed by atoms with E-state index in [0.717, 1.165) is 21.2 Å². The van der Waals surface area contributed by atoms with E-state index in [4.69, 9.17) is 0 Å². The van der Waals surface area contributed by atoms with E-state index in [1.165, 1.54) is 0 Å². The summed E-state index contributed by atoms with van der Waals surface area (Å²) >= 11 is 3.44. The number of fused-ring (bicyclic) bond motifs is 1. The largest absolute Gasteiger partial charge is 0.354 e. The molecule has 0 saturated carbocycles. The molecule has 3 rings (SSSR count). The molecule has 1 aromatic heterocycles. The van der Waals surface area contributed by atoms with E-state index in [9.17, 15) is 8.42 Å². The number of hydrogen-bond donors (Lipinski definition) is 0. The number of pyridine rings is 1. The number of nitrogens with zero attached hydrogens (tertiary/aromatic N) is 2. The van der Waals surface area contributed by atoms with Gasteiger partial charge in [-0.25, -0.2) is 13.4 Å². The van der Waals surface area contributed by atoms with Crippen LogP contribution in [0, 0.1) is 0 Å². The van der Waals surface area contributed by atoms with Crippen LogP contribution in [0.1, 0.15) is 6.92 Å². The van der Waals surface area contributed by atoms with Crippen LogP contribution in [0.2, 0.25) is 0 Å². The molecule has 1 atom stereocenters. The number of rotatable bonds is 1. The Hall–Kier alpha value is -1.14. The molecule has 106 valence electrons. The van der Waals surface area contributed by atoms with E-state index in [0.29, 0.717) is 13.1 Å². The van der Waals surface area contributed by atoms with Gasteiger partial charge in [-0.15, -0.1) is 0 Å². The predicted octanol–water partition coefficient (Wildman–Crippen LogP) is 2.62. The SMILES string of the molecule is CC1CN(c2ccc3cc(Br)ccc3n2)CCS1(=O)=O. The number of anilines is 1. The first-order chi connectivity index (χ1) is 9.45. The van der Waals surface area contributed by atoms with Gasteiger partial charge in [0.25, 0.3) is 0 Å².